The molecular formula is C13H19ClN2O3. The summed E-state index contributed by atoms with van der Waals surface area (Å²) in [5.41, 5.74) is 6.21. The molecule has 0 aliphatic carbocycles. The first-order chi connectivity index (χ1) is 9.01. The molecule has 19 heavy (non-hydrogen) atoms. The Kier molecular flexibility index (Phi) is 5.92. The normalized spacial score (nSPS) is 11.8. The van der Waals surface area contributed by atoms with Crippen LogP contribution in [0.25, 0.3) is 0 Å². The first-order valence-corrected chi connectivity index (χ1v) is 6.36. The number of hydrogen-bond donors (Lipinski definition) is 2. The first-order valence-electron chi connectivity index (χ1n) is 5.98. The van der Waals surface area contributed by atoms with Gasteiger partial charge in [-0.15, -0.1) is 0 Å². The summed E-state index contributed by atoms with van der Waals surface area (Å²) in [5.74, 6) is 0.834. The highest BCUT2D eigenvalue weighted by atomic mass is 35.5. The molecule has 0 spiro atoms. The molecule has 1 atom stereocenters. The third-order valence-corrected chi connectivity index (χ3v) is 3.03. The number of carbonyl (C=O) groups excluding carboxylic acids is 1. The fourth-order valence-electron chi connectivity index (χ4n) is 1.53. The lowest BCUT2D eigenvalue weighted by Gasteiger charge is -2.13. The van der Waals surface area contributed by atoms with E-state index < -0.39 is 0 Å². The molecule has 0 fully saturated rings. The van der Waals surface area contributed by atoms with Gasteiger partial charge in [0.25, 0.3) is 0 Å². The van der Waals surface area contributed by atoms with E-state index in [4.69, 9.17) is 26.8 Å². The number of rotatable bonds is 6. The van der Waals surface area contributed by atoms with Gasteiger partial charge in [-0.25, -0.2) is 0 Å². The minimum Gasteiger partial charge on any atom is -0.493 e. The number of halogens is 1. The molecule has 0 aliphatic heterocycles. The van der Waals surface area contributed by atoms with E-state index in [0.717, 1.165) is 6.42 Å². The summed E-state index contributed by atoms with van der Waals surface area (Å²) in [6.07, 6.45) is 0.994. The number of amides is 1. The molecule has 0 saturated heterocycles. The lowest BCUT2D eigenvalue weighted by molar-refractivity contribution is -0.116. The van der Waals surface area contributed by atoms with Crippen LogP contribution in [-0.4, -0.2) is 26.2 Å². The number of ether oxygens (including phenoxy) is 2. The molecule has 1 unspecified atom stereocenters. The van der Waals surface area contributed by atoms with Crippen LogP contribution in [0.15, 0.2) is 12.1 Å². The number of carbonyl (C=O) groups is 1. The molecule has 0 saturated carbocycles. The van der Waals surface area contributed by atoms with Gasteiger partial charge in [-0.1, -0.05) is 18.5 Å². The van der Waals surface area contributed by atoms with Crippen molar-refractivity contribution >= 4 is 23.2 Å². The van der Waals surface area contributed by atoms with Crippen LogP contribution in [0.2, 0.25) is 5.02 Å². The van der Waals surface area contributed by atoms with Crippen molar-refractivity contribution < 1.29 is 14.3 Å². The fourth-order valence-corrected chi connectivity index (χ4v) is 1.73. The van der Waals surface area contributed by atoms with E-state index in [1.54, 1.807) is 12.1 Å². The van der Waals surface area contributed by atoms with E-state index in [1.165, 1.54) is 14.2 Å². The van der Waals surface area contributed by atoms with Crippen molar-refractivity contribution in [2.45, 2.75) is 25.8 Å². The second-order valence-corrected chi connectivity index (χ2v) is 4.51. The molecule has 1 aromatic carbocycles. The Bertz CT molecular complexity index is 452. The third-order valence-electron chi connectivity index (χ3n) is 2.72. The summed E-state index contributed by atoms with van der Waals surface area (Å²) in [6, 6.07) is 3.06. The summed E-state index contributed by atoms with van der Waals surface area (Å²) < 4.78 is 10.3. The van der Waals surface area contributed by atoms with Crippen molar-refractivity contribution in [3.05, 3.63) is 17.2 Å². The van der Waals surface area contributed by atoms with Crippen molar-refractivity contribution in [3.8, 4) is 11.5 Å². The second-order valence-electron chi connectivity index (χ2n) is 4.11. The summed E-state index contributed by atoms with van der Waals surface area (Å²) in [7, 11) is 3.04. The predicted octanol–water partition coefficient (Wildman–Crippen LogP) is 2.42. The van der Waals surface area contributed by atoms with Crippen LogP contribution in [0, 0.1) is 0 Å². The van der Waals surface area contributed by atoms with Crippen LogP contribution in [0.1, 0.15) is 19.8 Å². The van der Waals surface area contributed by atoms with E-state index in [2.05, 4.69) is 5.32 Å². The zero-order chi connectivity index (χ0) is 14.4. The summed E-state index contributed by atoms with van der Waals surface area (Å²) in [4.78, 5) is 11.8. The number of anilines is 1. The highest BCUT2D eigenvalue weighted by Crippen LogP contribution is 2.36. The van der Waals surface area contributed by atoms with E-state index in [-0.39, 0.29) is 18.4 Å². The standard InChI is InChI=1S/C13H19ClN2O3/c1-4-8(15)5-13(17)16-10-7-12(19-3)11(18-2)6-9(10)14/h6-8H,4-5,15H2,1-3H3,(H,16,17). The minimum atomic E-state index is -0.177. The number of benzene rings is 1. The average Bonchev–Trinajstić information content (AvgIpc) is 2.40. The molecule has 0 aromatic heterocycles. The maximum Gasteiger partial charge on any atom is 0.225 e. The van der Waals surface area contributed by atoms with Crippen LogP contribution >= 0.6 is 11.6 Å². The molecule has 1 rings (SSSR count). The van der Waals surface area contributed by atoms with Gasteiger partial charge in [-0.3, -0.25) is 4.79 Å². The van der Waals surface area contributed by atoms with Crippen LogP contribution in [0.5, 0.6) is 11.5 Å². The molecule has 0 aliphatic rings. The fraction of sp³-hybridized carbons (Fsp3) is 0.462. The molecule has 0 radical (unpaired) electrons. The predicted molar refractivity (Wildman–Crippen MR) is 76.1 cm³/mol. The zero-order valence-electron chi connectivity index (χ0n) is 11.3. The van der Waals surface area contributed by atoms with Crippen molar-refractivity contribution in [3.63, 3.8) is 0 Å². The van der Waals surface area contributed by atoms with Gasteiger partial charge < -0.3 is 20.5 Å². The maximum absolute atomic E-state index is 11.8. The van der Waals surface area contributed by atoms with Crippen molar-refractivity contribution in [2.75, 3.05) is 19.5 Å². The molecular weight excluding hydrogens is 268 g/mol. The lowest BCUT2D eigenvalue weighted by Crippen LogP contribution is -2.26. The topological polar surface area (TPSA) is 73.6 Å². The van der Waals surface area contributed by atoms with E-state index in [0.29, 0.717) is 22.2 Å². The Hall–Kier alpha value is -1.46. The third kappa shape index (κ3) is 4.29. The van der Waals surface area contributed by atoms with E-state index in [9.17, 15) is 4.79 Å². The smallest absolute Gasteiger partial charge is 0.225 e. The summed E-state index contributed by atoms with van der Waals surface area (Å²) in [5, 5.41) is 3.10. The van der Waals surface area contributed by atoms with Crippen molar-refractivity contribution in [2.24, 2.45) is 5.73 Å². The van der Waals surface area contributed by atoms with Crippen LogP contribution in [0.4, 0.5) is 5.69 Å². The summed E-state index contributed by atoms with van der Waals surface area (Å²) in [6.45, 7) is 1.93. The number of nitrogens with two attached hydrogens (primary N) is 1. The molecule has 1 aromatic rings. The maximum atomic E-state index is 11.8. The van der Waals surface area contributed by atoms with Crippen LogP contribution in [0.3, 0.4) is 0 Å². The Morgan fingerprint density at radius 3 is 2.47 bits per heavy atom. The quantitative estimate of drug-likeness (QED) is 0.842. The molecule has 5 nitrogen and oxygen atoms in total. The van der Waals surface area contributed by atoms with Gasteiger partial charge in [-0.2, -0.15) is 0 Å². The Balaban J connectivity index is 2.86. The van der Waals surface area contributed by atoms with Gasteiger partial charge in [0.1, 0.15) is 0 Å². The second kappa shape index (κ2) is 7.21. The zero-order valence-corrected chi connectivity index (χ0v) is 12.1. The number of nitrogens with one attached hydrogen (secondary N) is 1. The number of methoxy groups -OCH3 is 2. The number of hydrogen-bond acceptors (Lipinski definition) is 4. The van der Waals surface area contributed by atoms with Gasteiger partial charge in [0, 0.05) is 24.6 Å². The first kappa shape index (κ1) is 15.6. The summed E-state index contributed by atoms with van der Waals surface area (Å²) >= 11 is 6.07. The Morgan fingerprint density at radius 1 is 1.37 bits per heavy atom. The van der Waals surface area contributed by atoms with Crippen LogP contribution < -0.4 is 20.5 Å². The molecule has 6 heteroatoms. The van der Waals surface area contributed by atoms with Gasteiger partial charge >= 0.3 is 0 Å². The van der Waals surface area contributed by atoms with Crippen molar-refractivity contribution in [1.82, 2.24) is 0 Å². The largest absolute Gasteiger partial charge is 0.493 e. The van der Waals surface area contributed by atoms with E-state index >= 15 is 0 Å². The average molecular weight is 287 g/mol. The van der Waals surface area contributed by atoms with Gasteiger partial charge in [-0.05, 0) is 6.42 Å². The van der Waals surface area contributed by atoms with Gasteiger partial charge in [0.15, 0.2) is 11.5 Å². The lowest BCUT2D eigenvalue weighted by atomic mass is 10.1. The molecule has 0 heterocycles. The van der Waals surface area contributed by atoms with Gasteiger partial charge in [0.2, 0.25) is 5.91 Å². The van der Waals surface area contributed by atoms with Crippen molar-refractivity contribution in [1.29, 1.82) is 0 Å². The molecule has 3 N–H and O–H groups in total. The van der Waals surface area contributed by atoms with Crippen LogP contribution in [-0.2, 0) is 4.79 Å². The van der Waals surface area contributed by atoms with E-state index in [1.807, 2.05) is 6.92 Å². The molecule has 0 bridgehead atoms. The molecule has 106 valence electrons. The highest BCUT2D eigenvalue weighted by Gasteiger charge is 2.13. The highest BCUT2D eigenvalue weighted by molar-refractivity contribution is 6.34. The SMILES string of the molecule is CCC(N)CC(=O)Nc1cc(OC)c(OC)cc1Cl. The van der Waals surface area contributed by atoms with Gasteiger partial charge in [0.05, 0.1) is 24.9 Å². The Labute approximate surface area is 118 Å². The Morgan fingerprint density at radius 2 is 1.95 bits per heavy atom. The molecule has 1 amide bonds. The monoisotopic (exact) mass is 286 g/mol. The minimum absolute atomic E-state index is 0.154.